The second kappa shape index (κ2) is 9.94. The normalized spacial score (nSPS) is 28.0. The number of hydrazine groups is 1. The molecular weight excluding hydrogens is 504 g/mol. The fraction of sp³-hybridized carbons (Fsp3) is 0.433. The van der Waals surface area contributed by atoms with E-state index in [1.807, 2.05) is 16.9 Å². The Morgan fingerprint density at radius 1 is 1.23 bits per heavy atom. The number of fused-ring (bicyclic) bond motifs is 1. The Morgan fingerprint density at radius 3 is 2.85 bits per heavy atom. The molecule has 208 valence electrons. The van der Waals surface area contributed by atoms with E-state index in [0.29, 0.717) is 37.7 Å². The number of aliphatic imine (C=N–C) groups is 1. The highest BCUT2D eigenvalue weighted by molar-refractivity contribution is 6.04. The molecule has 2 fully saturated rings. The van der Waals surface area contributed by atoms with E-state index in [2.05, 4.69) is 99.7 Å². The molecule has 3 aromatic rings. The zero-order valence-electron chi connectivity index (χ0n) is 23.3. The average Bonchev–Trinajstić information content (AvgIpc) is 3.34. The van der Waals surface area contributed by atoms with Crippen LogP contribution in [0.25, 0.3) is 16.8 Å². The predicted octanol–water partition coefficient (Wildman–Crippen LogP) is 3.02. The van der Waals surface area contributed by atoms with E-state index in [9.17, 15) is 0 Å². The van der Waals surface area contributed by atoms with Crippen molar-refractivity contribution in [2.24, 2.45) is 10.9 Å². The van der Waals surface area contributed by atoms with E-state index < -0.39 is 0 Å². The molecule has 7 rings (SSSR count). The minimum absolute atomic E-state index is 0.185. The molecule has 5 heterocycles. The smallest absolute Gasteiger partial charge is 0.238 e. The third-order valence-electron chi connectivity index (χ3n) is 8.33. The summed E-state index contributed by atoms with van der Waals surface area (Å²) in [7, 11) is 2.12. The number of ether oxygens (including phenoxy) is 2. The number of hydrazone groups is 1. The van der Waals surface area contributed by atoms with Crippen molar-refractivity contribution in [1.82, 2.24) is 25.1 Å². The second-order valence-electron chi connectivity index (χ2n) is 11.5. The molecule has 10 heteroatoms. The van der Waals surface area contributed by atoms with Crippen LogP contribution in [0, 0.1) is 5.92 Å². The number of anilines is 1. The Kier molecular flexibility index (Phi) is 6.24. The van der Waals surface area contributed by atoms with Crippen LogP contribution in [-0.2, 0) is 9.47 Å². The Balaban J connectivity index is 1.21. The van der Waals surface area contributed by atoms with Crippen LogP contribution in [0.2, 0.25) is 0 Å². The molecule has 3 unspecified atom stereocenters. The van der Waals surface area contributed by atoms with Crippen LogP contribution in [0.5, 0.6) is 0 Å². The van der Waals surface area contributed by atoms with Gasteiger partial charge in [-0.3, -0.25) is 4.90 Å². The molecule has 40 heavy (non-hydrogen) atoms. The number of nitrogens with zero attached hydrogens (tertiary/aromatic N) is 6. The predicted molar refractivity (Wildman–Crippen MR) is 155 cm³/mol. The zero-order valence-corrected chi connectivity index (χ0v) is 23.3. The first-order valence-corrected chi connectivity index (χ1v) is 14.2. The number of allylic oxidation sites excluding steroid dienone is 1. The van der Waals surface area contributed by atoms with Crippen molar-refractivity contribution in [2.75, 3.05) is 44.9 Å². The van der Waals surface area contributed by atoms with E-state index in [0.717, 1.165) is 41.3 Å². The van der Waals surface area contributed by atoms with Gasteiger partial charge in [0.25, 0.3) is 0 Å². The van der Waals surface area contributed by atoms with Gasteiger partial charge in [0.15, 0.2) is 18.5 Å². The first kappa shape index (κ1) is 25.1. The fourth-order valence-electron chi connectivity index (χ4n) is 5.92. The highest BCUT2D eigenvalue weighted by Gasteiger charge is 2.47. The molecule has 0 radical (unpaired) electrons. The summed E-state index contributed by atoms with van der Waals surface area (Å²) < 4.78 is 16.4. The van der Waals surface area contributed by atoms with Gasteiger partial charge in [0.05, 0.1) is 24.6 Å². The average molecular weight is 542 g/mol. The van der Waals surface area contributed by atoms with Gasteiger partial charge in [0.1, 0.15) is 17.8 Å². The highest BCUT2D eigenvalue weighted by atomic mass is 16.5. The van der Waals surface area contributed by atoms with Gasteiger partial charge in [0, 0.05) is 62.7 Å². The van der Waals surface area contributed by atoms with Crippen LogP contribution in [0.15, 0.2) is 66.1 Å². The zero-order chi connectivity index (χ0) is 27.3. The van der Waals surface area contributed by atoms with Gasteiger partial charge in [0.2, 0.25) is 5.90 Å². The molecule has 0 bridgehead atoms. The largest absolute Gasteiger partial charge is 0.473 e. The number of hydrogen-bond acceptors (Lipinski definition) is 7. The number of hydrogen-bond donors (Lipinski definition) is 2. The molecule has 0 spiro atoms. The summed E-state index contributed by atoms with van der Waals surface area (Å²) in [4.78, 5) is 13.3. The molecule has 10 nitrogen and oxygen atoms in total. The lowest BCUT2D eigenvalue weighted by Gasteiger charge is -2.41. The van der Waals surface area contributed by atoms with Gasteiger partial charge >= 0.3 is 0 Å². The SMILES string of the molecule is CC1C[C@@H]1[N+]1=CC=CC(C)(COC2=NC(N3CCOCC3)N(C)c3c(-c4cccc(-n5cccn5)c4)c[nH]c32)N1. The Morgan fingerprint density at radius 2 is 2.08 bits per heavy atom. The maximum absolute atomic E-state index is 6.59. The van der Waals surface area contributed by atoms with Crippen molar-refractivity contribution < 1.29 is 14.2 Å². The van der Waals surface area contributed by atoms with Crippen molar-refractivity contribution in [3.8, 4) is 16.8 Å². The molecule has 2 aromatic heterocycles. The molecule has 1 saturated carbocycles. The van der Waals surface area contributed by atoms with Crippen LogP contribution in [0.4, 0.5) is 5.69 Å². The summed E-state index contributed by atoms with van der Waals surface area (Å²) in [5.74, 6) is 1.34. The lowest BCUT2D eigenvalue weighted by atomic mass is 10.0. The summed E-state index contributed by atoms with van der Waals surface area (Å²) in [5.41, 5.74) is 8.53. The minimum Gasteiger partial charge on any atom is -0.473 e. The van der Waals surface area contributed by atoms with Crippen molar-refractivity contribution in [3.63, 3.8) is 0 Å². The van der Waals surface area contributed by atoms with Crippen molar-refractivity contribution >= 4 is 17.8 Å². The van der Waals surface area contributed by atoms with Crippen molar-refractivity contribution in [2.45, 2.75) is 38.1 Å². The number of H-pyrrole nitrogens is 1. The van der Waals surface area contributed by atoms with E-state index >= 15 is 0 Å². The quantitative estimate of drug-likeness (QED) is 0.467. The molecule has 4 atom stereocenters. The lowest BCUT2D eigenvalue weighted by molar-refractivity contribution is -0.610. The van der Waals surface area contributed by atoms with Crippen molar-refractivity contribution in [3.05, 3.63) is 66.8 Å². The van der Waals surface area contributed by atoms with Gasteiger partial charge in [-0.15, -0.1) is 4.68 Å². The Bertz CT molecular complexity index is 1470. The summed E-state index contributed by atoms with van der Waals surface area (Å²) >= 11 is 0. The molecular formula is C30H37N8O2+. The molecule has 2 N–H and O–H groups in total. The number of benzene rings is 1. The van der Waals surface area contributed by atoms with Crippen LogP contribution >= 0.6 is 0 Å². The Labute approximate surface area is 234 Å². The van der Waals surface area contributed by atoms with Gasteiger partial charge in [-0.05, 0) is 36.8 Å². The maximum Gasteiger partial charge on any atom is 0.238 e. The maximum atomic E-state index is 6.59. The summed E-state index contributed by atoms with van der Waals surface area (Å²) in [6, 6.07) is 10.9. The lowest BCUT2D eigenvalue weighted by Crippen LogP contribution is -2.54. The Hall–Kier alpha value is -3.89. The number of rotatable bonds is 6. The second-order valence-corrected chi connectivity index (χ2v) is 11.5. The van der Waals surface area contributed by atoms with Crippen LogP contribution in [-0.4, -0.2) is 94.3 Å². The fourth-order valence-corrected chi connectivity index (χ4v) is 5.92. The van der Waals surface area contributed by atoms with Gasteiger partial charge in [-0.25, -0.2) is 9.67 Å². The van der Waals surface area contributed by atoms with E-state index in [1.165, 1.54) is 6.42 Å². The third-order valence-corrected chi connectivity index (χ3v) is 8.33. The molecule has 3 aliphatic heterocycles. The van der Waals surface area contributed by atoms with Crippen molar-refractivity contribution in [1.29, 1.82) is 0 Å². The number of aromatic amines is 1. The highest BCUT2D eigenvalue weighted by Crippen LogP contribution is 2.39. The van der Waals surface area contributed by atoms with Crippen LogP contribution < -0.4 is 10.3 Å². The topological polar surface area (TPSA) is 86.0 Å². The minimum atomic E-state index is -0.342. The van der Waals surface area contributed by atoms with E-state index in [-0.39, 0.29) is 11.8 Å². The van der Waals surface area contributed by atoms with Crippen LogP contribution in [0.3, 0.4) is 0 Å². The number of nitrogens with one attached hydrogen (secondary N) is 2. The van der Waals surface area contributed by atoms with Gasteiger partial charge < -0.3 is 19.4 Å². The first-order chi connectivity index (χ1) is 19.5. The monoisotopic (exact) mass is 541 g/mol. The van der Waals surface area contributed by atoms with E-state index in [4.69, 9.17) is 14.5 Å². The number of morpholine rings is 1. The molecule has 1 aliphatic carbocycles. The first-order valence-electron chi connectivity index (χ1n) is 14.2. The standard InChI is InChI=1S/C30H37N8O2/c1-21-17-25(21)38-11-5-9-30(2,34-38)20-40-28-26-27(35(3)29(33-28)36-13-15-39-16-14-36)24(19-31-26)22-7-4-8-23(18-22)37-12-6-10-32-37/h4-12,18-19,21,25,29,31,34H,13-17,20H2,1-3H3/q+1/t21?,25-,29?,30?/m0/s1. The molecule has 4 aliphatic rings. The molecule has 1 saturated heterocycles. The molecule has 1 aromatic carbocycles. The summed E-state index contributed by atoms with van der Waals surface area (Å²) in [6.07, 6.45) is 13.3. The van der Waals surface area contributed by atoms with Gasteiger partial charge in [-0.2, -0.15) is 10.5 Å². The van der Waals surface area contributed by atoms with Crippen LogP contribution in [0.1, 0.15) is 26.0 Å². The summed E-state index contributed by atoms with van der Waals surface area (Å²) in [6.45, 7) is 7.97. The summed E-state index contributed by atoms with van der Waals surface area (Å²) in [5, 5.41) is 4.42. The number of aromatic nitrogens is 3. The van der Waals surface area contributed by atoms with E-state index in [1.54, 1.807) is 6.20 Å². The molecule has 0 amide bonds. The van der Waals surface area contributed by atoms with Gasteiger partial charge in [-0.1, -0.05) is 19.1 Å². The third kappa shape index (κ3) is 4.61.